The third kappa shape index (κ3) is 3.49. The summed E-state index contributed by atoms with van der Waals surface area (Å²) in [7, 11) is 1.89. The van der Waals surface area contributed by atoms with Crippen molar-refractivity contribution in [2.45, 2.75) is 65.0 Å². The first-order valence-electron chi connectivity index (χ1n) is 10.5. The van der Waals surface area contributed by atoms with E-state index in [1.165, 1.54) is 32.1 Å². The highest BCUT2D eigenvalue weighted by molar-refractivity contribution is 5.70. The molecule has 2 aliphatic rings. The van der Waals surface area contributed by atoms with E-state index in [9.17, 15) is 9.59 Å². The van der Waals surface area contributed by atoms with Crippen LogP contribution in [0.25, 0.3) is 11.2 Å². The molecule has 1 saturated heterocycles. The summed E-state index contributed by atoms with van der Waals surface area (Å²) in [5.74, 6) is 2.59. The second-order valence-corrected chi connectivity index (χ2v) is 8.35. The molecule has 0 amide bonds. The number of likely N-dealkylation sites (tertiary alicyclic amines) is 1. The Bertz CT molecular complexity index is 925. The highest BCUT2D eigenvalue weighted by Gasteiger charge is 2.31. The average molecular weight is 374 g/mol. The van der Waals surface area contributed by atoms with Gasteiger partial charge in [-0.25, -0.2) is 9.78 Å². The Morgan fingerprint density at radius 2 is 1.93 bits per heavy atom. The zero-order valence-electron chi connectivity index (χ0n) is 16.5. The summed E-state index contributed by atoms with van der Waals surface area (Å²) in [6.07, 6.45) is 8.65. The fraction of sp³-hybridized carbons (Fsp3) is 0.750. The number of aryl methyl sites for hydroxylation is 2. The number of H-pyrrole nitrogens is 1. The molecule has 1 aliphatic heterocycles. The van der Waals surface area contributed by atoms with Crippen LogP contribution in [0.3, 0.4) is 0 Å². The summed E-state index contributed by atoms with van der Waals surface area (Å²) < 4.78 is 3.50. The SMILES string of the molecule is CCCCn1c(=O)[nH]c(=O)c2c1nc(CN1CC[C@@H]3CCCC[C@H]3C1)n2C. The summed E-state index contributed by atoms with van der Waals surface area (Å²) in [6.45, 7) is 5.66. The van der Waals surface area contributed by atoms with E-state index in [0.29, 0.717) is 17.7 Å². The molecule has 1 saturated carbocycles. The standard InChI is InChI=1S/C20H31N5O2/c1-3-4-10-25-18-17(19(26)22-20(25)27)23(2)16(21-18)13-24-11-9-14-7-5-6-8-15(14)12-24/h14-15H,3-13H2,1-2H3,(H,22,26,27)/t14-,15-/m0/s1. The highest BCUT2D eigenvalue weighted by atomic mass is 16.2. The van der Waals surface area contributed by atoms with Crippen molar-refractivity contribution in [1.29, 1.82) is 0 Å². The first-order chi connectivity index (χ1) is 13.1. The van der Waals surface area contributed by atoms with E-state index in [0.717, 1.165) is 50.1 Å². The van der Waals surface area contributed by atoms with Gasteiger partial charge in [0.25, 0.3) is 5.56 Å². The van der Waals surface area contributed by atoms with Crippen LogP contribution in [-0.4, -0.2) is 37.1 Å². The van der Waals surface area contributed by atoms with Crippen LogP contribution in [0.4, 0.5) is 0 Å². The number of rotatable bonds is 5. The van der Waals surface area contributed by atoms with Gasteiger partial charge in [0.1, 0.15) is 5.82 Å². The summed E-state index contributed by atoms with van der Waals surface area (Å²) in [5.41, 5.74) is 0.346. The van der Waals surface area contributed by atoms with E-state index in [-0.39, 0.29) is 11.2 Å². The average Bonchev–Trinajstić information content (AvgIpc) is 2.98. The van der Waals surface area contributed by atoms with Gasteiger partial charge >= 0.3 is 5.69 Å². The van der Waals surface area contributed by atoms with Crippen LogP contribution in [0.15, 0.2) is 9.59 Å². The second kappa shape index (κ2) is 7.62. The molecule has 0 spiro atoms. The van der Waals surface area contributed by atoms with E-state index >= 15 is 0 Å². The maximum Gasteiger partial charge on any atom is 0.330 e. The number of nitrogens with zero attached hydrogens (tertiary/aromatic N) is 4. The molecule has 2 aromatic heterocycles. The van der Waals surface area contributed by atoms with Crippen LogP contribution in [0.2, 0.25) is 0 Å². The summed E-state index contributed by atoms with van der Waals surface area (Å²) >= 11 is 0. The minimum Gasteiger partial charge on any atom is -0.324 e. The van der Waals surface area contributed by atoms with Crippen LogP contribution < -0.4 is 11.2 Å². The number of aromatic amines is 1. The third-order valence-corrected chi connectivity index (χ3v) is 6.58. The maximum atomic E-state index is 12.4. The van der Waals surface area contributed by atoms with E-state index in [4.69, 9.17) is 4.98 Å². The molecule has 7 nitrogen and oxygen atoms in total. The van der Waals surface area contributed by atoms with Gasteiger partial charge < -0.3 is 4.57 Å². The Kier molecular flexibility index (Phi) is 5.21. The number of imidazole rings is 1. The molecule has 148 valence electrons. The molecular weight excluding hydrogens is 342 g/mol. The van der Waals surface area contributed by atoms with Crippen molar-refractivity contribution < 1.29 is 0 Å². The molecule has 2 atom stereocenters. The maximum absolute atomic E-state index is 12.4. The number of hydrogen-bond acceptors (Lipinski definition) is 4. The molecule has 0 unspecified atom stereocenters. The fourth-order valence-electron chi connectivity index (χ4n) is 4.98. The van der Waals surface area contributed by atoms with E-state index in [2.05, 4.69) is 16.8 Å². The van der Waals surface area contributed by atoms with Gasteiger partial charge in [-0.15, -0.1) is 0 Å². The number of piperidine rings is 1. The van der Waals surface area contributed by atoms with Gasteiger partial charge in [0, 0.05) is 20.1 Å². The van der Waals surface area contributed by atoms with E-state index < -0.39 is 0 Å². The van der Waals surface area contributed by atoms with Gasteiger partial charge in [-0.05, 0) is 37.6 Å². The molecule has 7 heteroatoms. The van der Waals surface area contributed by atoms with Crippen LogP contribution in [-0.2, 0) is 20.1 Å². The minimum atomic E-state index is -0.353. The Morgan fingerprint density at radius 3 is 2.70 bits per heavy atom. The molecule has 27 heavy (non-hydrogen) atoms. The lowest BCUT2D eigenvalue weighted by Gasteiger charge is -2.41. The molecule has 0 bridgehead atoms. The Morgan fingerprint density at radius 1 is 1.15 bits per heavy atom. The van der Waals surface area contributed by atoms with Crippen molar-refractivity contribution >= 4 is 11.2 Å². The monoisotopic (exact) mass is 373 g/mol. The van der Waals surface area contributed by atoms with Crippen LogP contribution >= 0.6 is 0 Å². The van der Waals surface area contributed by atoms with Crippen molar-refractivity contribution in [2.24, 2.45) is 18.9 Å². The predicted molar refractivity (Wildman–Crippen MR) is 106 cm³/mol. The molecule has 1 aliphatic carbocycles. The molecule has 0 radical (unpaired) electrons. The van der Waals surface area contributed by atoms with E-state index in [1.54, 1.807) is 4.57 Å². The summed E-state index contributed by atoms with van der Waals surface area (Å²) in [6, 6.07) is 0. The number of hydrogen-bond donors (Lipinski definition) is 1. The lowest BCUT2D eigenvalue weighted by Crippen LogP contribution is -2.41. The molecule has 2 aromatic rings. The highest BCUT2D eigenvalue weighted by Crippen LogP contribution is 2.36. The Hall–Kier alpha value is -1.89. The molecule has 3 heterocycles. The smallest absolute Gasteiger partial charge is 0.324 e. The minimum absolute atomic E-state index is 0.338. The zero-order valence-corrected chi connectivity index (χ0v) is 16.5. The fourth-order valence-corrected chi connectivity index (χ4v) is 4.98. The van der Waals surface area contributed by atoms with Gasteiger partial charge in [0.05, 0.1) is 6.54 Å². The number of aromatic nitrogens is 4. The largest absolute Gasteiger partial charge is 0.330 e. The molecular formula is C20H31N5O2. The molecule has 4 rings (SSSR count). The van der Waals surface area contributed by atoms with Crippen molar-refractivity contribution in [2.75, 3.05) is 13.1 Å². The van der Waals surface area contributed by atoms with Crippen molar-refractivity contribution in [3.8, 4) is 0 Å². The first kappa shape index (κ1) is 18.5. The topological polar surface area (TPSA) is 75.9 Å². The number of fused-ring (bicyclic) bond motifs is 2. The van der Waals surface area contributed by atoms with Gasteiger partial charge in [-0.3, -0.25) is 19.2 Å². The van der Waals surface area contributed by atoms with Gasteiger partial charge in [0.2, 0.25) is 0 Å². The predicted octanol–water partition coefficient (Wildman–Crippen LogP) is 2.24. The van der Waals surface area contributed by atoms with Crippen molar-refractivity contribution in [1.82, 2.24) is 24.0 Å². The Balaban J connectivity index is 1.62. The van der Waals surface area contributed by atoms with Crippen LogP contribution in [0.5, 0.6) is 0 Å². The molecule has 0 aromatic carbocycles. The summed E-state index contributed by atoms with van der Waals surface area (Å²) in [5, 5.41) is 0. The lowest BCUT2D eigenvalue weighted by molar-refractivity contribution is 0.0798. The Labute approximate surface area is 159 Å². The lowest BCUT2D eigenvalue weighted by atomic mass is 9.75. The quantitative estimate of drug-likeness (QED) is 0.872. The number of unbranched alkanes of at least 4 members (excludes halogenated alkanes) is 1. The molecule has 1 N–H and O–H groups in total. The zero-order chi connectivity index (χ0) is 19.0. The van der Waals surface area contributed by atoms with Gasteiger partial charge in [0.15, 0.2) is 11.2 Å². The third-order valence-electron chi connectivity index (χ3n) is 6.58. The second-order valence-electron chi connectivity index (χ2n) is 8.35. The van der Waals surface area contributed by atoms with Crippen LogP contribution in [0.1, 0.15) is 57.7 Å². The van der Waals surface area contributed by atoms with Gasteiger partial charge in [-0.1, -0.05) is 32.6 Å². The van der Waals surface area contributed by atoms with Crippen molar-refractivity contribution in [3.05, 3.63) is 26.7 Å². The number of nitrogens with one attached hydrogen (secondary N) is 1. The van der Waals surface area contributed by atoms with Gasteiger partial charge in [-0.2, -0.15) is 0 Å². The van der Waals surface area contributed by atoms with E-state index in [1.807, 2.05) is 11.6 Å². The van der Waals surface area contributed by atoms with Crippen molar-refractivity contribution in [3.63, 3.8) is 0 Å². The summed E-state index contributed by atoms with van der Waals surface area (Å²) in [4.78, 5) is 34.4. The molecule has 2 fully saturated rings. The first-order valence-corrected chi connectivity index (χ1v) is 10.5. The van der Waals surface area contributed by atoms with Crippen LogP contribution in [0, 0.1) is 11.8 Å². The normalized spacial score (nSPS) is 23.6.